The smallest absolute Gasteiger partial charge is 0.326 e. The number of nitrogens with one attached hydrogen (secondary N) is 5. The van der Waals surface area contributed by atoms with Gasteiger partial charge in [-0.25, -0.2) is 14.8 Å². The minimum absolute atomic E-state index is 0.00336. The Bertz CT molecular complexity index is 5330. The van der Waals surface area contributed by atoms with Crippen LogP contribution in [0.2, 0.25) is 0 Å². The molecule has 2 aromatic heterocycles. The molecule has 1 aliphatic carbocycles. The van der Waals surface area contributed by atoms with Gasteiger partial charge in [-0.3, -0.25) is 37.8 Å². The lowest BCUT2D eigenvalue weighted by Crippen LogP contribution is -2.52. The number of carbonyl (C=O) groups is 4. The van der Waals surface area contributed by atoms with Crippen LogP contribution in [0.3, 0.4) is 0 Å². The Balaban J connectivity index is 0.831. The van der Waals surface area contributed by atoms with Crippen LogP contribution in [0.5, 0.6) is 0 Å². The number of nitrogens with two attached hydrogens (primary N) is 1. The summed E-state index contributed by atoms with van der Waals surface area (Å²) in [6.45, 7) is 15.3. The van der Waals surface area contributed by atoms with Gasteiger partial charge < -0.3 is 41.9 Å². The Kier molecular flexibility index (Phi) is 21.3. The summed E-state index contributed by atoms with van der Waals surface area (Å²) in [5.41, 5.74) is 12.7. The number of carbonyl (C=O) groups excluding carboxylic acids is 3. The van der Waals surface area contributed by atoms with Crippen molar-refractivity contribution in [1.82, 2.24) is 35.9 Å². The monoisotopic (exact) mass is 1470 g/mol. The second kappa shape index (κ2) is 29.5. The van der Waals surface area contributed by atoms with E-state index in [1.165, 1.54) is 49.5 Å². The van der Waals surface area contributed by atoms with Crippen molar-refractivity contribution < 1.29 is 63.2 Å². The minimum Gasteiger partial charge on any atom is -0.480 e. The molecule has 6 aromatic carbocycles. The first-order chi connectivity index (χ1) is 49.1. The van der Waals surface area contributed by atoms with Crippen molar-refractivity contribution >= 4 is 115 Å². The number of amides is 3. The van der Waals surface area contributed by atoms with Gasteiger partial charge in [0.15, 0.2) is 11.2 Å². The second-order valence-electron chi connectivity index (χ2n) is 27.6. The number of aromatic nitrogens is 4. The van der Waals surface area contributed by atoms with Crippen molar-refractivity contribution in [3.63, 3.8) is 0 Å². The molecule has 2 aliphatic heterocycles. The van der Waals surface area contributed by atoms with E-state index < -0.39 is 87.3 Å². The van der Waals surface area contributed by atoms with Gasteiger partial charge >= 0.3 is 5.97 Å². The third-order valence-electron chi connectivity index (χ3n) is 20.3. The number of nitrogens with zero attached hydrogens (tertiary/aromatic N) is 5. The van der Waals surface area contributed by atoms with Crippen LogP contribution in [0.25, 0.3) is 38.3 Å². The van der Waals surface area contributed by atoms with Crippen LogP contribution in [0, 0.1) is 0 Å². The van der Waals surface area contributed by atoms with E-state index in [4.69, 9.17) is 5.73 Å². The molecule has 26 nitrogen and oxygen atoms in total. The van der Waals surface area contributed by atoms with Crippen LogP contribution in [0.1, 0.15) is 143 Å². The molecule has 0 radical (unpaired) electrons. The number of carboxylic acids is 1. The number of H-pyrrole nitrogens is 1. The summed E-state index contributed by atoms with van der Waals surface area (Å²) in [6.07, 6.45) is 13.4. The molecule has 29 heteroatoms. The molecule has 8 aromatic rings. The molecule has 0 fully saturated rings. The third kappa shape index (κ3) is 15.5. The molecule has 0 spiro atoms. The van der Waals surface area contributed by atoms with Gasteiger partial charge in [0.05, 0.1) is 39.0 Å². The number of aromatic amines is 1. The number of hydrogen-bond donors (Lipinski definition) is 10. The van der Waals surface area contributed by atoms with Crippen LogP contribution in [0.4, 0.5) is 23.0 Å². The lowest BCUT2D eigenvalue weighted by Gasteiger charge is -2.44. The number of nitrogen functional groups attached to an aromatic ring is 1. The Morgan fingerprint density at radius 2 is 1.36 bits per heavy atom. The van der Waals surface area contributed by atoms with Crippen molar-refractivity contribution in [1.29, 1.82) is 0 Å². The van der Waals surface area contributed by atoms with Gasteiger partial charge in [-0.05, 0) is 186 Å². The Morgan fingerprint density at radius 1 is 0.731 bits per heavy atom. The molecule has 3 amide bonds. The number of benzene rings is 6. The summed E-state index contributed by atoms with van der Waals surface area (Å²) in [4.78, 5) is 83.5. The standard InChI is InChI=1S/C75H83N11O15S3/c1-8-9-38-86-60-30-20-51-41-55(104(99,100)101)25-27-57(51)65(60)74(5,6)75(86,7)35-33-46-12-10-11-45(21-31-61-73(3,4)64-56-26-24-54(103(96,97)98)40-50(56)19-29-59(64)85(61)39-34-44(2)102(93,94)95)63(46)47-13-15-48(16-14-47)68(88)78-37-36-77-62(87)32-28-58(71(91)92)82-69(89)49-17-22-52(23-18-49)79-42-53-43-80-67-66(81-53)70(90)84-72(76)83-67/h13-27,29-31,33,35,40-41,43-44,58,79H,8-12,28,32,34,36-39,42H2,1-7H3,(H,77,87)(H,78,88)(H,82,89)(H,91,92)(H,93,94,95)(H,96,97,98)(H,99,100,101)(H3,76,80,83,84,90)/b35-33+,45-21+,61-31+/t44?,58-,75?/m0/s1. The molecule has 0 saturated heterocycles. The van der Waals surface area contributed by atoms with Gasteiger partial charge in [0.25, 0.3) is 47.7 Å². The van der Waals surface area contributed by atoms with E-state index in [1.54, 1.807) is 42.5 Å². The van der Waals surface area contributed by atoms with Gasteiger partial charge in [-0.2, -0.15) is 30.2 Å². The predicted molar refractivity (Wildman–Crippen MR) is 399 cm³/mol. The Morgan fingerprint density at radius 3 is 1.99 bits per heavy atom. The van der Waals surface area contributed by atoms with Crippen LogP contribution in [-0.2, 0) is 57.3 Å². The normalized spacial score (nSPS) is 17.9. The van der Waals surface area contributed by atoms with Gasteiger partial charge in [0, 0.05) is 77.3 Å². The molecule has 3 atom stereocenters. The summed E-state index contributed by atoms with van der Waals surface area (Å²) in [6, 6.07) is 28.6. The zero-order valence-electron chi connectivity index (χ0n) is 58.4. The van der Waals surface area contributed by atoms with Gasteiger partial charge in [-0.1, -0.05) is 95.7 Å². The number of carboxylic acid groups (broad SMARTS) is 1. The molecule has 0 bridgehead atoms. The molecule has 11 N–H and O–H groups in total. The van der Waals surface area contributed by atoms with E-state index in [9.17, 15) is 68.0 Å². The average molecular weight is 1470 g/mol. The lowest BCUT2D eigenvalue weighted by molar-refractivity contribution is -0.139. The first-order valence-corrected chi connectivity index (χ1v) is 38.5. The second-order valence-corrected chi connectivity index (χ2v) is 32.3. The highest BCUT2D eigenvalue weighted by atomic mass is 32.2. The first kappa shape index (κ1) is 75.0. The summed E-state index contributed by atoms with van der Waals surface area (Å²) in [7, 11) is -13.4. The van der Waals surface area contributed by atoms with Gasteiger partial charge in [0.2, 0.25) is 11.9 Å². The van der Waals surface area contributed by atoms with Crippen LogP contribution < -0.4 is 42.4 Å². The Hall–Kier alpha value is -10.2. The third-order valence-corrected chi connectivity index (χ3v) is 23.2. The topological polar surface area (TPSA) is 404 Å². The highest BCUT2D eigenvalue weighted by Gasteiger charge is 2.53. The maximum Gasteiger partial charge on any atom is 0.326 e. The zero-order valence-corrected chi connectivity index (χ0v) is 60.9. The molecular formula is C75H83N11O15S3. The fourth-order valence-electron chi connectivity index (χ4n) is 14.3. The molecule has 0 saturated carbocycles. The number of anilines is 4. The number of fused-ring (bicyclic) bond motifs is 7. The van der Waals surface area contributed by atoms with E-state index in [-0.39, 0.29) is 77.9 Å². The highest BCUT2D eigenvalue weighted by molar-refractivity contribution is 7.86. The van der Waals surface area contributed by atoms with Crippen LogP contribution in [-0.4, -0.2) is 131 Å². The largest absolute Gasteiger partial charge is 0.480 e. The number of unbranched alkanes of at least 4 members (excludes halogenated alkanes) is 1. The molecule has 546 valence electrons. The number of aliphatic carboxylic acids is 1. The molecule has 3 aliphatic rings. The Labute approximate surface area is 602 Å². The van der Waals surface area contributed by atoms with Crippen LogP contribution >= 0.6 is 0 Å². The highest BCUT2D eigenvalue weighted by Crippen LogP contribution is 2.56. The van der Waals surface area contributed by atoms with E-state index in [0.29, 0.717) is 47.1 Å². The predicted octanol–water partition coefficient (Wildman–Crippen LogP) is 10.3. The summed E-state index contributed by atoms with van der Waals surface area (Å²) in [5.74, 6) is -3.05. The van der Waals surface area contributed by atoms with Crippen molar-refractivity contribution in [3.8, 4) is 0 Å². The molecule has 2 unspecified atom stereocenters. The fourth-order valence-corrected chi connectivity index (χ4v) is 15.7. The van der Waals surface area contributed by atoms with E-state index in [2.05, 4.69) is 92.0 Å². The molecule has 11 rings (SSSR count). The number of rotatable bonds is 26. The number of allylic oxidation sites excluding steroid dienone is 7. The molecule has 4 heterocycles. The maximum atomic E-state index is 13.9. The van der Waals surface area contributed by atoms with Gasteiger partial charge in [0.1, 0.15) is 6.04 Å². The van der Waals surface area contributed by atoms with Crippen molar-refractivity contribution in [2.24, 2.45) is 0 Å². The average Bonchev–Trinajstić information content (AvgIpc) is 1.56. The molecule has 104 heavy (non-hydrogen) atoms. The SMILES string of the molecule is CCCCN1c2ccc3cc(S(=O)(=O)O)ccc3c2C(C)(C)C1(C)/C=C/C1=C(c2ccc(C(=O)NCCNC(=O)CC[C@H](NC(=O)c3ccc(NCc4cnc5nc(N)[nH]c(=O)c5n4)cc3)C(=O)O)cc2)C(=C/C=C2/N(CCC(C)S(=O)(=O)O)c3ccc4cc(S(=O)(=O)O)ccc4c3C2(C)C)/CCC1. The van der Waals surface area contributed by atoms with Crippen molar-refractivity contribution in [2.75, 3.05) is 47.0 Å². The van der Waals surface area contributed by atoms with Gasteiger partial charge in [-0.15, -0.1) is 0 Å². The maximum absolute atomic E-state index is 13.9. The quantitative estimate of drug-likeness (QED) is 0.0178. The van der Waals surface area contributed by atoms with Crippen molar-refractivity contribution in [2.45, 2.75) is 144 Å². The summed E-state index contributed by atoms with van der Waals surface area (Å²) >= 11 is 0. The van der Waals surface area contributed by atoms with E-state index >= 15 is 0 Å². The summed E-state index contributed by atoms with van der Waals surface area (Å²) < 4.78 is 104. The number of hydrogen-bond acceptors (Lipinski definition) is 18. The van der Waals surface area contributed by atoms with Crippen LogP contribution in [0.15, 0.2) is 171 Å². The summed E-state index contributed by atoms with van der Waals surface area (Å²) in [5, 5.41) is 22.8. The van der Waals surface area contributed by atoms with E-state index in [1.807, 2.05) is 55.2 Å². The van der Waals surface area contributed by atoms with E-state index in [0.717, 1.165) is 80.5 Å². The van der Waals surface area contributed by atoms with Crippen molar-refractivity contribution in [3.05, 3.63) is 200 Å². The zero-order chi connectivity index (χ0) is 75.0. The first-order valence-electron chi connectivity index (χ1n) is 34.1. The fraction of sp³-hybridized carbons (Fsp3) is 0.333. The minimum atomic E-state index is -4.54. The molecular weight excluding hydrogens is 1390 g/mol. The lowest BCUT2D eigenvalue weighted by atomic mass is 9.69.